The lowest BCUT2D eigenvalue weighted by Gasteiger charge is -2.29. The first-order valence-corrected chi connectivity index (χ1v) is 5.40. The fourth-order valence-corrected chi connectivity index (χ4v) is 2.00. The summed E-state index contributed by atoms with van der Waals surface area (Å²) in [5.74, 6) is -0.204. The van der Waals surface area contributed by atoms with Crippen LogP contribution in [0.4, 0.5) is 4.39 Å². The lowest BCUT2D eigenvalue weighted by Crippen LogP contribution is -2.29. The van der Waals surface area contributed by atoms with E-state index in [0.29, 0.717) is 6.54 Å². The number of hydrogen-bond acceptors (Lipinski definition) is 2. The highest BCUT2D eigenvalue weighted by atomic mass is 19.1. The van der Waals surface area contributed by atoms with E-state index >= 15 is 0 Å². The van der Waals surface area contributed by atoms with Gasteiger partial charge in [-0.15, -0.1) is 0 Å². The van der Waals surface area contributed by atoms with E-state index in [1.807, 2.05) is 0 Å². The first-order chi connectivity index (χ1) is 7.29. The Labute approximate surface area is 89.2 Å². The van der Waals surface area contributed by atoms with Gasteiger partial charge in [0.15, 0.2) is 0 Å². The van der Waals surface area contributed by atoms with E-state index in [1.54, 1.807) is 12.1 Å². The van der Waals surface area contributed by atoms with E-state index in [4.69, 9.17) is 10.5 Å². The molecule has 82 valence electrons. The van der Waals surface area contributed by atoms with Crippen molar-refractivity contribution in [2.75, 3.05) is 6.54 Å². The van der Waals surface area contributed by atoms with Crippen molar-refractivity contribution in [1.29, 1.82) is 0 Å². The third-order valence-electron chi connectivity index (χ3n) is 2.85. The number of halogens is 1. The fraction of sp³-hybridized carbons (Fsp3) is 0.500. The predicted molar refractivity (Wildman–Crippen MR) is 56.9 cm³/mol. The molecule has 1 fully saturated rings. The summed E-state index contributed by atoms with van der Waals surface area (Å²) in [7, 11) is 0. The van der Waals surface area contributed by atoms with Crippen molar-refractivity contribution in [3.8, 4) is 0 Å². The van der Waals surface area contributed by atoms with Crippen LogP contribution in [0.5, 0.6) is 0 Å². The molecule has 15 heavy (non-hydrogen) atoms. The molecule has 3 heteroatoms. The smallest absolute Gasteiger partial charge is 0.123 e. The van der Waals surface area contributed by atoms with Crippen molar-refractivity contribution in [3.63, 3.8) is 0 Å². The summed E-state index contributed by atoms with van der Waals surface area (Å²) >= 11 is 0. The minimum absolute atomic E-state index is 0.0906. The third-order valence-corrected chi connectivity index (χ3v) is 2.85. The van der Waals surface area contributed by atoms with Crippen molar-refractivity contribution in [1.82, 2.24) is 0 Å². The first-order valence-electron chi connectivity index (χ1n) is 5.40. The van der Waals surface area contributed by atoms with Crippen molar-refractivity contribution in [2.45, 2.75) is 31.5 Å². The van der Waals surface area contributed by atoms with Gasteiger partial charge in [-0.3, -0.25) is 0 Å². The summed E-state index contributed by atoms with van der Waals surface area (Å²) in [4.78, 5) is 0. The largest absolute Gasteiger partial charge is 0.369 e. The van der Waals surface area contributed by atoms with E-state index in [9.17, 15) is 4.39 Å². The maximum absolute atomic E-state index is 12.7. The van der Waals surface area contributed by atoms with Gasteiger partial charge in [0.05, 0.1) is 12.2 Å². The Balaban J connectivity index is 2.06. The van der Waals surface area contributed by atoms with Gasteiger partial charge in [0.1, 0.15) is 5.82 Å². The van der Waals surface area contributed by atoms with Crippen molar-refractivity contribution in [2.24, 2.45) is 5.73 Å². The van der Waals surface area contributed by atoms with E-state index in [1.165, 1.54) is 12.1 Å². The Kier molecular flexibility index (Phi) is 3.34. The van der Waals surface area contributed by atoms with Crippen LogP contribution in [-0.2, 0) is 4.74 Å². The van der Waals surface area contributed by atoms with Gasteiger partial charge in [-0.1, -0.05) is 12.1 Å². The van der Waals surface area contributed by atoms with Gasteiger partial charge in [-0.25, -0.2) is 4.39 Å². The Bertz CT molecular complexity index is 312. The SMILES string of the molecule is NC[C@@H]1CCC[C@H](c2ccc(F)cc2)O1. The van der Waals surface area contributed by atoms with Crippen LogP contribution in [-0.4, -0.2) is 12.6 Å². The Morgan fingerprint density at radius 3 is 2.67 bits per heavy atom. The number of hydrogen-bond donors (Lipinski definition) is 1. The van der Waals surface area contributed by atoms with Crippen molar-refractivity contribution in [3.05, 3.63) is 35.6 Å². The van der Waals surface area contributed by atoms with Crippen LogP contribution in [0.2, 0.25) is 0 Å². The summed E-state index contributed by atoms with van der Waals surface area (Å²) < 4.78 is 18.5. The molecule has 0 radical (unpaired) electrons. The molecule has 0 spiro atoms. The molecule has 2 atom stereocenters. The van der Waals surface area contributed by atoms with Crippen molar-refractivity contribution >= 4 is 0 Å². The highest BCUT2D eigenvalue weighted by molar-refractivity contribution is 5.19. The summed E-state index contributed by atoms with van der Waals surface area (Å²) in [5, 5.41) is 0. The molecular formula is C12H16FNO. The van der Waals surface area contributed by atoms with E-state index < -0.39 is 0 Å². The zero-order valence-corrected chi connectivity index (χ0v) is 8.66. The number of rotatable bonds is 2. The average molecular weight is 209 g/mol. The van der Waals surface area contributed by atoms with Gasteiger partial charge in [-0.2, -0.15) is 0 Å². The molecular weight excluding hydrogens is 193 g/mol. The Morgan fingerprint density at radius 2 is 2.00 bits per heavy atom. The van der Waals surface area contributed by atoms with Crippen LogP contribution in [0.3, 0.4) is 0 Å². The maximum atomic E-state index is 12.7. The molecule has 2 nitrogen and oxygen atoms in total. The van der Waals surface area contributed by atoms with Gasteiger partial charge >= 0.3 is 0 Å². The molecule has 0 unspecified atom stereocenters. The fourth-order valence-electron chi connectivity index (χ4n) is 2.00. The molecule has 1 saturated heterocycles. The van der Waals surface area contributed by atoms with E-state index in [-0.39, 0.29) is 18.0 Å². The second kappa shape index (κ2) is 4.73. The maximum Gasteiger partial charge on any atom is 0.123 e. The number of ether oxygens (including phenoxy) is 1. The molecule has 0 bridgehead atoms. The molecule has 0 aliphatic carbocycles. The third kappa shape index (κ3) is 2.55. The van der Waals surface area contributed by atoms with E-state index in [0.717, 1.165) is 24.8 Å². The Morgan fingerprint density at radius 1 is 1.27 bits per heavy atom. The van der Waals surface area contributed by atoms with Gasteiger partial charge in [0.25, 0.3) is 0 Å². The van der Waals surface area contributed by atoms with Gasteiger partial charge in [-0.05, 0) is 37.0 Å². The molecule has 2 rings (SSSR count). The average Bonchev–Trinajstić information content (AvgIpc) is 2.30. The second-order valence-corrected chi connectivity index (χ2v) is 3.96. The van der Waals surface area contributed by atoms with Crippen LogP contribution in [0.25, 0.3) is 0 Å². The minimum Gasteiger partial charge on any atom is -0.369 e. The highest BCUT2D eigenvalue weighted by Gasteiger charge is 2.22. The topological polar surface area (TPSA) is 35.2 Å². The van der Waals surface area contributed by atoms with Crippen LogP contribution in [0.1, 0.15) is 30.9 Å². The van der Waals surface area contributed by atoms with Gasteiger partial charge in [0.2, 0.25) is 0 Å². The van der Waals surface area contributed by atoms with Crippen LogP contribution in [0, 0.1) is 5.82 Å². The standard InChI is InChI=1S/C12H16FNO/c13-10-6-4-9(5-7-10)12-3-1-2-11(8-14)15-12/h4-7,11-12H,1-3,8,14H2/t11-,12+/m0/s1. The lowest BCUT2D eigenvalue weighted by atomic mass is 9.98. The van der Waals surface area contributed by atoms with E-state index in [2.05, 4.69) is 0 Å². The predicted octanol–water partition coefficient (Wildman–Crippen LogP) is 2.39. The molecule has 1 aromatic rings. The molecule has 1 aliphatic heterocycles. The minimum atomic E-state index is -0.204. The molecule has 0 saturated carbocycles. The van der Waals surface area contributed by atoms with Gasteiger partial charge in [0, 0.05) is 6.54 Å². The summed E-state index contributed by atoms with van der Waals surface area (Å²) in [6, 6.07) is 6.54. The molecule has 0 amide bonds. The monoisotopic (exact) mass is 209 g/mol. The number of benzene rings is 1. The quantitative estimate of drug-likeness (QED) is 0.811. The summed E-state index contributed by atoms with van der Waals surface area (Å²) in [5.41, 5.74) is 6.63. The zero-order chi connectivity index (χ0) is 10.7. The van der Waals surface area contributed by atoms with Crippen LogP contribution < -0.4 is 5.73 Å². The van der Waals surface area contributed by atoms with Crippen LogP contribution in [0.15, 0.2) is 24.3 Å². The molecule has 1 heterocycles. The normalized spacial score (nSPS) is 26.5. The van der Waals surface area contributed by atoms with Crippen molar-refractivity contribution < 1.29 is 9.13 Å². The number of nitrogens with two attached hydrogens (primary N) is 1. The summed E-state index contributed by atoms with van der Waals surface area (Å²) in [6.07, 6.45) is 3.42. The first kappa shape index (κ1) is 10.6. The highest BCUT2D eigenvalue weighted by Crippen LogP contribution is 2.30. The van der Waals surface area contributed by atoms with Gasteiger partial charge < -0.3 is 10.5 Å². The zero-order valence-electron chi connectivity index (χ0n) is 8.66. The van der Waals surface area contributed by atoms with Crippen LogP contribution >= 0.6 is 0 Å². The molecule has 0 aromatic heterocycles. The molecule has 1 aliphatic rings. The molecule has 2 N–H and O–H groups in total. The second-order valence-electron chi connectivity index (χ2n) is 3.96. The Hall–Kier alpha value is -0.930. The lowest BCUT2D eigenvalue weighted by molar-refractivity contribution is -0.0462. The molecule has 1 aromatic carbocycles. The summed E-state index contributed by atoms with van der Waals surface area (Å²) in [6.45, 7) is 0.567.